The molecule has 0 aromatic carbocycles. The lowest BCUT2D eigenvalue weighted by Gasteiger charge is -2.21. The molecule has 3 rings (SSSR count). The van der Waals surface area contributed by atoms with Crippen molar-refractivity contribution in [3.63, 3.8) is 0 Å². The summed E-state index contributed by atoms with van der Waals surface area (Å²) < 4.78 is 62.9. The first kappa shape index (κ1) is 22.8. The Morgan fingerprint density at radius 1 is 1.03 bits per heavy atom. The van der Waals surface area contributed by atoms with Gasteiger partial charge in [0.15, 0.2) is 9.84 Å². The molecule has 0 aliphatic heterocycles. The summed E-state index contributed by atoms with van der Waals surface area (Å²) in [7, 11) is -4.50. The normalized spacial score (nSPS) is 12.7. The van der Waals surface area contributed by atoms with Crippen LogP contribution in [-0.2, 0) is 19.9 Å². The minimum absolute atomic E-state index is 0.0183. The van der Waals surface area contributed by atoms with Gasteiger partial charge in [-0.15, -0.1) is 0 Å². The van der Waals surface area contributed by atoms with E-state index in [0.717, 1.165) is 6.26 Å². The Labute approximate surface area is 181 Å². The van der Waals surface area contributed by atoms with E-state index < -0.39 is 24.6 Å². The number of sulfonamides is 1. The van der Waals surface area contributed by atoms with Crippen LogP contribution >= 0.6 is 0 Å². The van der Waals surface area contributed by atoms with Crippen LogP contribution in [-0.4, -0.2) is 56.4 Å². The summed E-state index contributed by atoms with van der Waals surface area (Å²) in [5.74, 6) is 0.420. The average Bonchev–Trinajstić information content (AvgIpc) is 3.07. The first-order chi connectivity index (χ1) is 14.3. The van der Waals surface area contributed by atoms with E-state index in [0.29, 0.717) is 16.9 Å². The van der Waals surface area contributed by atoms with E-state index in [1.165, 1.54) is 32.5 Å². The Balaban J connectivity index is 2.28. The number of nitrogens with one attached hydrogen (secondary N) is 1. The monoisotopic (exact) mass is 468 g/mol. The fraction of sp³-hybridized carbons (Fsp3) is 0.368. The highest BCUT2D eigenvalue weighted by Crippen LogP contribution is 2.35. The number of nitrogens with zero attached hydrogens (tertiary/aromatic N) is 3. The third-order valence-corrected chi connectivity index (χ3v) is 7.57. The topological polar surface area (TPSA) is 129 Å². The highest BCUT2D eigenvalue weighted by Gasteiger charge is 2.34. The molecule has 1 N–H and O–H groups in total. The zero-order chi connectivity index (χ0) is 23.2. The first-order valence-corrected chi connectivity index (χ1v) is 12.5. The summed E-state index contributed by atoms with van der Waals surface area (Å²) in [6, 6.07) is 4.64. The maximum Gasteiger partial charge on any atom is 0.230 e. The molecule has 0 amide bonds. The molecule has 0 unspecified atom stereocenters. The number of hydrogen-bond acceptors (Lipinski definition) is 8. The maximum atomic E-state index is 13.1. The predicted molar refractivity (Wildman–Crippen MR) is 117 cm³/mol. The second-order valence-electron chi connectivity index (χ2n) is 7.85. The van der Waals surface area contributed by atoms with E-state index in [1.54, 1.807) is 37.4 Å². The van der Waals surface area contributed by atoms with Crippen LogP contribution in [0.3, 0.4) is 0 Å². The van der Waals surface area contributed by atoms with Crippen molar-refractivity contribution in [1.29, 1.82) is 0 Å². The minimum atomic E-state index is -3.73. The predicted octanol–water partition coefficient (Wildman–Crippen LogP) is 2.36. The van der Waals surface area contributed by atoms with Crippen LogP contribution in [0.15, 0.2) is 35.5 Å². The number of rotatable bonds is 6. The van der Waals surface area contributed by atoms with Crippen LogP contribution in [0.25, 0.3) is 16.9 Å². The molecule has 0 radical (unpaired) electrons. The summed E-state index contributed by atoms with van der Waals surface area (Å²) in [5.41, 5.74) is 1.49. The smallest absolute Gasteiger partial charge is 0.230 e. The lowest BCUT2D eigenvalue weighted by molar-refractivity contribution is 0.398. The molecular formula is C19H24N4O6S2. The SMILES string of the molecule is COc1cc(-c2cnc3cc(OC)c(S(=O)(=O)C(C)(C)C)cn23)cc(NS(C)(=O)=O)n1. The lowest BCUT2D eigenvalue weighted by atomic mass is 10.2. The largest absolute Gasteiger partial charge is 0.495 e. The standard InChI is InChI=1S/C19H24N4O6S2/c1-19(2,3)31(26,27)15-11-23-13(10-20-17(23)9-14(15)28-4)12-7-16(22-30(6,24)25)21-18(8-12)29-5/h7-11H,1-6H3,(H,21,22). The molecule has 3 aromatic heterocycles. The number of ether oxygens (including phenoxy) is 2. The van der Waals surface area contributed by atoms with Crippen LogP contribution in [0.4, 0.5) is 5.82 Å². The number of hydrogen-bond donors (Lipinski definition) is 1. The third-order valence-electron chi connectivity index (χ3n) is 4.49. The van der Waals surface area contributed by atoms with Gasteiger partial charge in [0.25, 0.3) is 0 Å². The molecule has 0 bridgehead atoms. The Kier molecular flexibility index (Phi) is 5.65. The van der Waals surface area contributed by atoms with E-state index >= 15 is 0 Å². The second-order valence-corrected chi connectivity index (χ2v) is 12.3. The number of pyridine rings is 2. The molecule has 0 spiro atoms. The molecule has 0 atom stereocenters. The fourth-order valence-electron chi connectivity index (χ4n) is 2.89. The quantitative estimate of drug-likeness (QED) is 0.584. The van der Waals surface area contributed by atoms with Gasteiger partial charge in [-0.05, 0) is 26.8 Å². The highest BCUT2D eigenvalue weighted by molar-refractivity contribution is 7.93. The molecule has 3 heterocycles. The Bertz CT molecular complexity index is 1360. The Morgan fingerprint density at radius 3 is 2.26 bits per heavy atom. The molecule has 168 valence electrons. The third kappa shape index (κ3) is 4.44. The van der Waals surface area contributed by atoms with E-state index in [9.17, 15) is 16.8 Å². The molecule has 10 nitrogen and oxygen atoms in total. The number of methoxy groups -OCH3 is 2. The number of sulfone groups is 1. The molecule has 12 heteroatoms. The van der Waals surface area contributed by atoms with Crippen LogP contribution in [0.5, 0.6) is 11.6 Å². The van der Waals surface area contributed by atoms with Gasteiger partial charge in [-0.2, -0.15) is 4.98 Å². The van der Waals surface area contributed by atoms with Gasteiger partial charge in [-0.1, -0.05) is 0 Å². The van der Waals surface area contributed by atoms with Crippen LogP contribution < -0.4 is 14.2 Å². The molecule has 0 aliphatic rings. The Morgan fingerprint density at radius 2 is 1.71 bits per heavy atom. The van der Waals surface area contributed by atoms with Gasteiger partial charge in [0.2, 0.25) is 15.9 Å². The molecular weight excluding hydrogens is 444 g/mol. The zero-order valence-electron chi connectivity index (χ0n) is 18.0. The van der Waals surface area contributed by atoms with Crippen LogP contribution in [0, 0.1) is 0 Å². The molecule has 0 aliphatic carbocycles. The van der Waals surface area contributed by atoms with E-state index in [2.05, 4.69) is 14.7 Å². The van der Waals surface area contributed by atoms with Gasteiger partial charge < -0.3 is 9.47 Å². The van der Waals surface area contributed by atoms with E-state index in [-0.39, 0.29) is 22.3 Å². The van der Waals surface area contributed by atoms with Crippen molar-refractivity contribution in [2.45, 2.75) is 30.4 Å². The van der Waals surface area contributed by atoms with Gasteiger partial charge in [-0.3, -0.25) is 9.12 Å². The van der Waals surface area contributed by atoms with Crippen molar-refractivity contribution >= 4 is 31.3 Å². The molecule has 0 saturated carbocycles. The molecule has 0 fully saturated rings. The van der Waals surface area contributed by atoms with Crippen LogP contribution in [0.2, 0.25) is 0 Å². The van der Waals surface area contributed by atoms with Crippen molar-refractivity contribution in [2.75, 3.05) is 25.2 Å². The molecule has 31 heavy (non-hydrogen) atoms. The molecule has 0 saturated heterocycles. The van der Waals surface area contributed by atoms with E-state index in [4.69, 9.17) is 9.47 Å². The maximum absolute atomic E-state index is 13.1. The zero-order valence-corrected chi connectivity index (χ0v) is 19.6. The number of imidazole rings is 1. The number of anilines is 1. The van der Waals surface area contributed by atoms with Gasteiger partial charge in [0.05, 0.1) is 37.1 Å². The highest BCUT2D eigenvalue weighted by atomic mass is 32.2. The number of aromatic nitrogens is 3. The van der Waals surface area contributed by atoms with Crippen LogP contribution in [0.1, 0.15) is 20.8 Å². The summed E-state index contributed by atoms with van der Waals surface area (Å²) in [4.78, 5) is 8.44. The summed E-state index contributed by atoms with van der Waals surface area (Å²) in [6.07, 6.45) is 4.01. The average molecular weight is 469 g/mol. The fourth-order valence-corrected chi connectivity index (χ4v) is 4.69. The minimum Gasteiger partial charge on any atom is -0.495 e. The van der Waals surface area contributed by atoms with Gasteiger partial charge in [0, 0.05) is 23.9 Å². The van der Waals surface area contributed by atoms with Crippen molar-refractivity contribution < 1.29 is 26.3 Å². The first-order valence-electron chi connectivity index (χ1n) is 9.11. The van der Waals surface area contributed by atoms with Crippen molar-refractivity contribution in [1.82, 2.24) is 14.4 Å². The van der Waals surface area contributed by atoms with Gasteiger partial charge >= 0.3 is 0 Å². The summed E-state index contributed by atoms with van der Waals surface area (Å²) >= 11 is 0. The summed E-state index contributed by atoms with van der Waals surface area (Å²) in [6.45, 7) is 4.83. The van der Waals surface area contributed by atoms with Crippen molar-refractivity contribution in [2.24, 2.45) is 0 Å². The Hall–Kier alpha value is -2.86. The van der Waals surface area contributed by atoms with Gasteiger partial charge in [-0.25, -0.2) is 21.8 Å². The molecule has 3 aromatic rings. The van der Waals surface area contributed by atoms with Gasteiger partial charge in [0.1, 0.15) is 22.1 Å². The summed E-state index contributed by atoms with van der Waals surface area (Å²) in [5, 5.41) is 0. The second kappa shape index (κ2) is 7.68. The van der Waals surface area contributed by atoms with E-state index in [1.807, 2.05) is 0 Å². The lowest BCUT2D eigenvalue weighted by Crippen LogP contribution is -2.28. The van der Waals surface area contributed by atoms with Crippen molar-refractivity contribution in [3.05, 3.63) is 30.6 Å². The van der Waals surface area contributed by atoms with Crippen molar-refractivity contribution in [3.8, 4) is 22.9 Å². The number of fused-ring (bicyclic) bond motifs is 1.